The Morgan fingerprint density at radius 1 is 1.38 bits per heavy atom. The van der Waals surface area contributed by atoms with E-state index >= 15 is 0 Å². The molecule has 2 aromatic heterocycles. The van der Waals surface area contributed by atoms with Crippen LogP contribution < -0.4 is 5.32 Å². The Morgan fingerprint density at radius 2 is 2.19 bits per heavy atom. The number of halogens is 1. The fraction of sp³-hybridized carbons (Fsp3) is 0.250. The second kappa shape index (κ2) is 4.97. The smallest absolute Gasteiger partial charge is 0.126 e. The number of pyridine rings is 1. The Labute approximate surface area is 108 Å². The minimum Gasteiger partial charge on any atom is -0.363 e. The Bertz CT molecular complexity index is 464. The van der Waals surface area contributed by atoms with E-state index in [-0.39, 0.29) is 6.04 Å². The van der Waals surface area contributed by atoms with E-state index in [1.54, 1.807) is 11.3 Å². The zero-order chi connectivity index (χ0) is 11.5. The van der Waals surface area contributed by atoms with E-state index in [9.17, 15) is 0 Å². The number of rotatable bonds is 3. The van der Waals surface area contributed by atoms with Gasteiger partial charge in [0, 0.05) is 15.5 Å². The van der Waals surface area contributed by atoms with Crippen LogP contribution in [0.25, 0.3) is 0 Å². The minimum atomic E-state index is 0.268. The second-order valence-electron chi connectivity index (χ2n) is 3.72. The molecule has 1 unspecified atom stereocenters. The van der Waals surface area contributed by atoms with Crippen LogP contribution >= 0.6 is 27.3 Å². The largest absolute Gasteiger partial charge is 0.363 e. The van der Waals surface area contributed by atoms with Crippen molar-refractivity contribution in [2.75, 3.05) is 5.32 Å². The Morgan fingerprint density at radius 3 is 2.75 bits per heavy atom. The molecule has 0 aliphatic heterocycles. The first kappa shape index (κ1) is 11.6. The Hall–Kier alpha value is -0.870. The first-order valence-electron chi connectivity index (χ1n) is 5.09. The lowest BCUT2D eigenvalue weighted by atomic mass is 10.2. The number of aryl methyl sites for hydroxylation is 1. The topological polar surface area (TPSA) is 24.9 Å². The summed E-state index contributed by atoms with van der Waals surface area (Å²) in [4.78, 5) is 5.63. The van der Waals surface area contributed by atoms with Crippen LogP contribution in [-0.2, 0) is 0 Å². The third-order valence-electron chi connectivity index (χ3n) is 2.31. The Balaban J connectivity index is 2.10. The highest BCUT2D eigenvalue weighted by atomic mass is 79.9. The van der Waals surface area contributed by atoms with Crippen molar-refractivity contribution in [3.8, 4) is 0 Å². The monoisotopic (exact) mass is 296 g/mol. The summed E-state index contributed by atoms with van der Waals surface area (Å²) in [6.45, 7) is 4.17. The van der Waals surface area contributed by atoms with Gasteiger partial charge in [0.15, 0.2) is 0 Å². The molecule has 0 saturated heterocycles. The van der Waals surface area contributed by atoms with Crippen molar-refractivity contribution in [2.45, 2.75) is 19.9 Å². The van der Waals surface area contributed by atoms with Crippen LogP contribution in [0.15, 0.2) is 34.2 Å². The lowest BCUT2D eigenvalue weighted by molar-refractivity contribution is 0.891. The van der Waals surface area contributed by atoms with E-state index in [1.807, 2.05) is 19.2 Å². The van der Waals surface area contributed by atoms with Crippen LogP contribution in [0.5, 0.6) is 0 Å². The van der Waals surface area contributed by atoms with Crippen molar-refractivity contribution in [3.63, 3.8) is 0 Å². The summed E-state index contributed by atoms with van der Waals surface area (Å²) in [5, 5.41) is 5.47. The molecule has 4 heteroatoms. The third kappa shape index (κ3) is 2.62. The molecule has 2 nitrogen and oxygen atoms in total. The molecule has 0 aromatic carbocycles. The molecule has 0 bridgehead atoms. The average molecular weight is 297 g/mol. The SMILES string of the molecule is Cc1ccc(NC(C)c2sccc2Br)nc1. The van der Waals surface area contributed by atoms with Gasteiger partial charge in [0.1, 0.15) is 5.82 Å². The fourth-order valence-corrected chi connectivity index (χ4v) is 3.18. The molecular formula is C12H13BrN2S. The summed E-state index contributed by atoms with van der Waals surface area (Å²) in [6.07, 6.45) is 1.87. The minimum absolute atomic E-state index is 0.268. The van der Waals surface area contributed by atoms with Gasteiger partial charge in [-0.05, 0) is 52.9 Å². The van der Waals surface area contributed by atoms with Gasteiger partial charge in [-0.3, -0.25) is 0 Å². The quantitative estimate of drug-likeness (QED) is 0.909. The predicted molar refractivity (Wildman–Crippen MR) is 73.0 cm³/mol. The van der Waals surface area contributed by atoms with E-state index in [0.29, 0.717) is 0 Å². The van der Waals surface area contributed by atoms with Crippen LogP contribution in [0, 0.1) is 6.92 Å². The summed E-state index contributed by atoms with van der Waals surface area (Å²) in [5.41, 5.74) is 1.18. The molecule has 1 atom stereocenters. The van der Waals surface area contributed by atoms with Crippen molar-refractivity contribution >= 4 is 33.1 Å². The number of thiophene rings is 1. The summed E-state index contributed by atoms with van der Waals surface area (Å²) < 4.78 is 1.16. The molecule has 0 aliphatic carbocycles. The predicted octanol–water partition coefficient (Wildman–Crippen LogP) is 4.39. The number of nitrogens with zero attached hydrogens (tertiary/aromatic N) is 1. The second-order valence-corrected chi connectivity index (χ2v) is 5.52. The van der Waals surface area contributed by atoms with E-state index < -0.39 is 0 Å². The average Bonchev–Trinajstić information content (AvgIpc) is 2.68. The van der Waals surface area contributed by atoms with Crippen molar-refractivity contribution in [2.24, 2.45) is 0 Å². The van der Waals surface area contributed by atoms with Crippen LogP contribution in [-0.4, -0.2) is 4.98 Å². The molecule has 0 aliphatic rings. The van der Waals surface area contributed by atoms with Gasteiger partial charge in [0.25, 0.3) is 0 Å². The maximum atomic E-state index is 4.34. The molecule has 0 saturated carbocycles. The van der Waals surface area contributed by atoms with Gasteiger partial charge in [-0.2, -0.15) is 0 Å². The summed E-state index contributed by atoms with van der Waals surface area (Å²) >= 11 is 5.28. The number of nitrogens with one attached hydrogen (secondary N) is 1. The van der Waals surface area contributed by atoms with Crippen LogP contribution in [0.1, 0.15) is 23.4 Å². The summed E-state index contributed by atoms with van der Waals surface area (Å²) in [5.74, 6) is 0.915. The van der Waals surface area contributed by atoms with Crippen LogP contribution in [0.4, 0.5) is 5.82 Å². The highest BCUT2D eigenvalue weighted by Gasteiger charge is 2.10. The zero-order valence-corrected chi connectivity index (χ0v) is 11.6. The number of aromatic nitrogens is 1. The zero-order valence-electron chi connectivity index (χ0n) is 9.20. The molecule has 0 amide bonds. The van der Waals surface area contributed by atoms with Crippen molar-refractivity contribution < 1.29 is 0 Å². The molecule has 16 heavy (non-hydrogen) atoms. The first-order valence-corrected chi connectivity index (χ1v) is 6.76. The molecular weight excluding hydrogens is 284 g/mol. The molecule has 84 valence electrons. The van der Waals surface area contributed by atoms with Crippen molar-refractivity contribution in [1.29, 1.82) is 0 Å². The molecule has 0 spiro atoms. The third-order valence-corrected chi connectivity index (χ3v) is 4.37. The molecule has 0 fully saturated rings. The number of hydrogen-bond donors (Lipinski definition) is 1. The standard InChI is InChI=1S/C12H13BrN2S/c1-8-3-4-11(14-7-8)15-9(2)12-10(13)5-6-16-12/h3-7,9H,1-2H3,(H,14,15). The molecule has 2 rings (SSSR count). The summed E-state index contributed by atoms with van der Waals surface area (Å²) in [7, 11) is 0. The number of anilines is 1. The lowest BCUT2D eigenvalue weighted by Crippen LogP contribution is -2.06. The first-order chi connectivity index (χ1) is 7.66. The van der Waals surface area contributed by atoms with E-state index in [1.165, 1.54) is 10.4 Å². The fourth-order valence-electron chi connectivity index (χ4n) is 1.45. The summed E-state index contributed by atoms with van der Waals surface area (Å²) in [6, 6.07) is 6.41. The van der Waals surface area contributed by atoms with Gasteiger partial charge in [-0.15, -0.1) is 11.3 Å². The normalized spacial score (nSPS) is 12.4. The highest BCUT2D eigenvalue weighted by Crippen LogP contribution is 2.30. The molecule has 2 aromatic rings. The van der Waals surface area contributed by atoms with Gasteiger partial charge < -0.3 is 5.32 Å². The van der Waals surface area contributed by atoms with E-state index in [4.69, 9.17) is 0 Å². The molecule has 0 radical (unpaired) electrons. The van der Waals surface area contributed by atoms with E-state index in [2.05, 4.69) is 50.7 Å². The maximum Gasteiger partial charge on any atom is 0.126 e. The van der Waals surface area contributed by atoms with Gasteiger partial charge in [0.2, 0.25) is 0 Å². The number of hydrogen-bond acceptors (Lipinski definition) is 3. The maximum absolute atomic E-state index is 4.34. The lowest BCUT2D eigenvalue weighted by Gasteiger charge is -2.13. The van der Waals surface area contributed by atoms with Crippen LogP contribution in [0.3, 0.4) is 0 Å². The van der Waals surface area contributed by atoms with Crippen molar-refractivity contribution in [1.82, 2.24) is 4.98 Å². The van der Waals surface area contributed by atoms with Gasteiger partial charge in [-0.25, -0.2) is 4.98 Å². The Kier molecular flexibility index (Phi) is 3.61. The van der Waals surface area contributed by atoms with Gasteiger partial charge in [0.05, 0.1) is 6.04 Å². The van der Waals surface area contributed by atoms with Gasteiger partial charge >= 0.3 is 0 Å². The molecule has 2 heterocycles. The molecule has 1 N–H and O–H groups in total. The van der Waals surface area contributed by atoms with Crippen LogP contribution in [0.2, 0.25) is 0 Å². The van der Waals surface area contributed by atoms with Gasteiger partial charge in [-0.1, -0.05) is 6.07 Å². The van der Waals surface area contributed by atoms with Crippen molar-refractivity contribution in [3.05, 3.63) is 44.7 Å². The highest BCUT2D eigenvalue weighted by molar-refractivity contribution is 9.10. The van der Waals surface area contributed by atoms with E-state index in [0.717, 1.165) is 10.3 Å².